The minimum atomic E-state index is 0.676. The van der Waals surface area contributed by atoms with Gasteiger partial charge < -0.3 is 5.32 Å². The summed E-state index contributed by atoms with van der Waals surface area (Å²) < 4.78 is 0. The van der Waals surface area contributed by atoms with Gasteiger partial charge in [-0.1, -0.05) is 6.92 Å². The van der Waals surface area contributed by atoms with Gasteiger partial charge in [0.25, 0.3) is 0 Å². The standard InChI is InChI=1S/C13H20N2/c1-10-9-15-8-5-13(10)11(2)12-3-6-14-7-4-12/h5,8-9,11-12,14H,3-4,6-7H2,1-2H3. The quantitative estimate of drug-likeness (QED) is 0.800. The first-order valence-corrected chi connectivity index (χ1v) is 5.90. The Morgan fingerprint density at radius 3 is 2.80 bits per heavy atom. The van der Waals surface area contributed by atoms with Crippen molar-refractivity contribution < 1.29 is 0 Å². The average molecular weight is 204 g/mol. The number of pyridine rings is 1. The number of rotatable bonds is 2. The van der Waals surface area contributed by atoms with E-state index in [2.05, 4.69) is 30.2 Å². The predicted octanol–water partition coefficient (Wildman–Crippen LogP) is 2.49. The highest BCUT2D eigenvalue weighted by Gasteiger charge is 2.21. The highest BCUT2D eigenvalue weighted by Crippen LogP contribution is 2.31. The van der Waals surface area contributed by atoms with E-state index in [4.69, 9.17) is 0 Å². The van der Waals surface area contributed by atoms with Crippen LogP contribution in [0.25, 0.3) is 0 Å². The van der Waals surface area contributed by atoms with Crippen LogP contribution >= 0.6 is 0 Å². The lowest BCUT2D eigenvalue weighted by molar-refractivity contribution is 0.329. The normalized spacial score (nSPS) is 20.1. The van der Waals surface area contributed by atoms with Gasteiger partial charge in [-0.25, -0.2) is 0 Å². The maximum Gasteiger partial charge on any atom is 0.0299 e. The van der Waals surface area contributed by atoms with Gasteiger partial charge in [-0.05, 0) is 61.9 Å². The molecular weight excluding hydrogens is 184 g/mol. The molecule has 1 aliphatic heterocycles. The third kappa shape index (κ3) is 2.37. The monoisotopic (exact) mass is 204 g/mol. The van der Waals surface area contributed by atoms with E-state index in [1.165, 1.54) is 37.1 Å². The van der Waals surface area contributed by atoms with Crippen LogP contribution in [0.2, 0.25) is 0 Å². The summed E-state index contributed by atoms with van der Waals surface area (Å²) in [6.07, 6.45) is 6.51. The van der Waals surface area contributed by atoms with Crippen LogP contribution in [0.1, 0.15) is 36.8 Å². The van der Waals surface area contributed by atoms with Crippen LogP contribution in [0.3, 0.4) is 0 Å². The smallest absolute Gasteiger partial charge is 0.0299 e. The van der Waals surface area contributed by atoms with E-state index >= 15 is 0 Å². The molecule has 1 unspecified atom stereocenters. The van der Waals surface area contributed by atoms with Gasteiger partial charge in [0.05, 0.1) is 0 Å². The SMILES string of the molecule is Cc1cnccc1C(C)C1CCNCC1. The van der Waals surface area contributed by atoms with E-state index in [1.54, 1.807) is 0 Å². The first kappa shape index (κ1) is 10.6. The maximum atomic E-state index is 4.16. The van der Waals surface area contributed by atoms with Crippen LogP contribution in [-0.4, -0.2) is 18.1 Å². The summed E-state index contributed by atoms with van der Waals surface area (Å²) in [5.41, 5.74) is 2.82. The highest BCUT2D eigenvalue weighted by atomic mass is 14.9. The fourth-order valence-electron chi connectivity index (χ4n) is 2.59. The molecule has 82 valence electrons. The van der Waals surface area contributed by atoms with E-state index in [9.17, 15) is 0 Å². The number of aromatic nitrogens is 1. The molecule has 1 N–H and O–H groups in total. The lowest BCUT2D eigenvalue weighted by atomic mass is 9.81. The lowest BCUT2D eigenvalue weighted by Gasteiger charge is -2.29. The molecular formula is C13H20N2. The largest absolute Gasteiger partial charge is 0.317 e. The van der Waals surface area contributed by atoms with E-state index in [0.717, 1.165) is 5.92 Å². The second kappa shape index (κ2) is 4.75. The molecule has 2 heteroatoms. The first-order chi connectivity index (χ1) is 7.29. The zero-order valence-corrected chi connectivity index (χ0v) is 9.66. The van der Waals surface area contributed by atoms with Crippen LogP contribution in [0, 0.1) is 12.8 Å². The molecule has 2 rings (SSSR count). The van der Waals surface area contributed by atoms with Crippen LogP contribution in [0.4, 0.5) is 0 Å². The number of hydrogen-bond acceptors (Lipinski definition) is 2. The predicted molar refractivity (Wildman–Crippen MR) is 63.0 cm³/mol. The summed E-state index contributed by atoms with van der Waals surface area (Å²) in [7, 11) is 0. The molecule has 2 heterocycles. The van der Waals surface area contributed by atoms with Gasteiger partial charge in [-0.15, -0.1) is 0 Å². The number of hydrogen-bond donors (Lipinski definition) is 1. The zero-order chi connectivity index (χ0) is 10.7. The Morgan fingerprint density at radius 2 is 2.13 bits per heavy atom. The molecule has 2 nitrogen and oxygen atoms in total. The molecule has 0 aromatic carbocycles. The number of nitrogens with zero attached hydrogens (tertiary/aromatic N) is 1. The van der Waals surface area contributed by atoms with Crippen LogP contribution in [0.15, 0.2) is 18.5 Å². The molecule has 0 radical (unpaired) electrons. The Bertz CT molecular complexity index is 316. The Balaban J connectivity index is 2.12. The van der Waals surface area contributed by atoms with Crippen molar-refractivity contribution in [1.29, 1.82) is 0 Å². The number of nitrogens with one attached hydrogen (secondary N) is 1. The Kier molecular flexibility index (Phi) is 3.37. The van der Waals surface area contributed by atoms with Crippen molar-refractivity contribution in [1.82, 2.24) is 10.3 Å². The fraction of sp³-hybridized carbons (Fsp3) is 0.615. The summed E-state index contributed by atoms with van der Waals surface area (Å²) in [5, 5.41) is 3.42. The third-order valence-electron chi connectivity index (χ3n) is 3.65. The van der Waals surface area contributed by atoms with Gasteiger partial charge in [-0.2, -0.15) is 0 Å². The molecule has 0 saturated carbocycles. The van der Waals surface area contributed by atoms with Crippen LogP contribution in [-0.2, 0) is 0 Å². The van der Waals surface area contributed by atoms with Crippen molar-refractivity contribution in [2.45, 2.75) is 32.6 Å². The maximum absolute atomic E-state index is 4.16. The molecule has 1 aromatic heterocycles. The molecule has 0 aliphatic carbocycles. The molecule has 0 amide bonds. The average Bonchev–Trinajstić information content (AvgIpc) is 2.30. The van der Waals surface area contributed by atoms with Crippen molar-refractivity contribution >= 4 is 0 Å². The van der Waals surface area contributed by atoms with Crippen molar-refractivity contribution in [2.24, 2.45) is 5.92 Å². The Labute approximate surface area is 92.1 Å². The van der Waals surface area contributed by atoms with E-state index < -0.39 is 0 Å². The van der Waals surface area contributed by atoms with Crippen molar-refractivity contribution in [3.05, 3.63) is 29.6 Å². The zero-order valence-electron chi connectivity index (χ0n) is 9.66. The second-order valence-electron chi connectivity index (χ2n) is 4.61. The number of piperidine rings is 1. The van der Waals surface area contributed by atoms with Gasteiger partial charge in [-0.3, -0.25) is 4.98 Å². The molecule has 0 bridgehead atoms. The van der Waals surface area contributed by atoms with Gasteiger partial charge in [0.2, 0.25) is 0 Å². The molecule has 0 spiro atoms. The first-order valence-electron chi connectivity index (χ1n) is 5.90. The summed E-state index contributed by atoms with van der Waals surface area (Å²) in [6, 6.07) is 2.18. The summed E-state index contributed by atoms with van der Waals surface area (Å²) in [4.78, 5) is 4.16. The topological polar surface area (TPSA) is 24.9 Å². The summed E-state index contributed by atoms with van der Waals surface area (Å²) in [5.74, 6) is 1.52. The molecule has 15 heavy (non-hydrogen) atoms. The molecule has 1 fully saturated rings. The second-order valence-corrected chi connectivity index (χ2v) is 4.61. The van der Waals surface area contributed by atoms with Crippen molar-refractivity contribution in [3.63, 3.8) is 0 Å². The minimum absolute atomic E-state index is 0.676. The Hall–Kier alpha value is -0.890. The van der Waals surface area contributed by atoms with Crippen LogP contribution < -0.4 is 5.32 Å². The van der Waals surface area contributed by atoms with E-state index in [1.807, 2.05) is 12.4 Å². The van der Waals surface area contributed by atoms with Crippen molar-refractivity contribution in [2.75, 3.05) is 13.1 Å². The molecule has 1 aromatic rings. The number of aryl methyl sites for hydroxylation is 1. The molecule has 1 aliphatic rings. The van der Waals surface area contributed by atoms with Gasteiger partial charge >= 0.3 is 0 Å². The fourth-order valence-corrected chi connectivity index (χ4v) is 2.59. The van der Waals surface area contributed by atoms with E-state index in [-0.39, 0.29) is 0 Å². The van der Waals surface area contributed by atoms with Gasteiger partial charge in [0.15, 0.2) is 0 Å². The van der Waals surface area contributed by atoms with Crippen molar-refractivity contribution in [3.8, 4) is 0 Å². The molecule has 1 saturated heterocycles. The Morgan fingerprint density at radius 1 is 1.40 bits per heavy atom. The van der Waals surface area contributed by atoms with E-state index in [0.29, 0.717) is 5.92 Å². The molecule has 1 atom stereocenters. The third-order valence-corrected chi connectivity index (χ3v) is 3.65. The summed E-state index contributed by atoms with van der Waals surface area (Å²) >= 11 is 0. The lowest BCUT2D eigenvalue weighted by Crippen LogP contribution is -2.30. The van der Waals surface area contributed by atoms with Gasteiger partial charge in [0, 0.05) is 12.4 Å². The van der Waals surface area contributed by atoms with Crippen LogP contribution in [0.5, 0.6) is 0 Å². The van der Waals surface area contributed by atoms with Gasteiger partial charge in [0.1, 0.15) is 0 Å². The minimum Gasteiger partial charge on any atom is -0.317 e. The highest BCUT2D eigenvalue weighted by molar-refractivity contribution is 5.26. The summed E-state index contributed by atoms with van der Waals surface area (Å²) in [6.45, 7) is 6.89.